The zero-order chi connectivity index (χ0) is 17.5. The van der Waals surface area contributed by atoms with E-state index in [9.17, 15) is 4.79 Å². The molecule has 4 nitrogen and oxygen atoms in total. The van der Waals surface area contributed by atoms with Crippen LogP contribution in [0.25, 0.3) is 11.1 Å². The van der Waals surface area contributed by atoms with Crippen LogP contribution in [-0.2, 0) is 4.74 Å². The van der Waals surface area contributed by atoms with Gasteiger partial charge in [0, 0.05) is 24.0 Å². The van der Waals surface area contributed by atoms with Crippen molar-refractivity contribution in [1.82, 2.24) is 5.32 Å². The number of amides is 1. The number of hydrogen-bond donors (Lipinski definition) is 2. The van der Waals surface area contributed by atoms with Gasteiger partial charge in [0.05, 0.1) is 6.61 Å². The molecule has 0 aromatic heterocycles. The number of carbonyl (C=O) groups is 1. The van der Waals surface area contributed by atoms with Crippen molar-refractivity contribution in [3.8, 4) is 11.1 Å². The molecule has 0 spiro atoms. The first kappa shape index (κ1) is 18.2. The van der Waals surface area contributed by atoms with E-state index in [4.69, 9.17) is 9.84 Å². The number of nitrogens with one attached hydrogen (secondary N) is 1. The lowest BCUT2D eigenvalue weighted by atomic mass is 9.98. The van der Waals surface area contributed by atoms with Crippen LogP contribution in [0.2, 0.25) is 0 Å². The maximum atomic E-state index is 11.9. The fourth-order valence-electron chi connectivity index (χ4n) is 3.00. The van der Waals surface area contributed by atoms with Crippen LogP contribution in [-0.4, -0.2) is 42.5 Å². The number of benzene rings is 2. The molecule has 1 aliphatic carbocycles. The Morgan fingerprint density at radius 1 is 1.00 bits per heavy atom. The lowest BCUT2D eigenvalue weighted by molar-refractivity contribution is 0.143. The molecule has 2 aromatic carbocycles. The van der Waals surface area contributed by atoms with Crippen LogP contribution in [0.5, 0.6) is 0 Å². The zero-order valence-corrected chi connectivity index (χ0v) is 15.4. The molecule has 0 radical (unpaired) electrons. The van der Waals surface area contributed by atoms with Crippen LogP contribution in [0.3, 0.4) is 0 Å². The Morgan fingerprint density at radius 3 is 2.24 bits per heavy atom. The van der Waals surface area contributed by atoms with E-state index >= 15 is 0 Å². The molecule has 132 valence electrons. The molecular formula is C19H21NO3S2. The molecule has 6 heteroatoms. The summed E-state index contributed by atoms with van der Waals surface area (Å²) < 4.78 is 5.46. The second kappa shape index (κ2) is 9.17. The normalized spacial score (nSPS) is 12.5. The Bertz CT molecular complexity index is 678. The third-order valence-electron chi connectivity index (χ3n) is 4.06. The number of hydrogen-bond acceptors (Lipinski definition) is 5. The van der Waals surface area contributed by atoms with Gasteiger partial charge in [-0.25, -0.2) is 4.79 Å². The molecule has 2 N–H and O–H groups in total. The Hall–Kier alpha value is -1.63. The average molecular weight is 376 g/mol. The molecule has 0 atom stereocenters. The van der Waals surface area contributed by atoms with E-state index in [-0.39, 0.29) is 18.6 Å². The highest BCUT2D eigenvalue weighted by molar-refractivity contribution is 8.76. The summed E-state index contributed by atoms with van der Waals surface area (Å²) in [6, 6.07) is 16.6. The van der Waals surface area contributed by atoms with Crippen LogP contribution >= 0.6 is 21.6 Å². The van der Waals surface area contributed by atoms with Crippen LogP contribution in [0.15, 0.2) is 48.5 Å². The van der Waals surface area contributed by atoms with Crippen molar-refractivity contribution in [2.75, 3.05) is 31.3 Å². The van der Waals surface area contributed by atoms with Crippen LogP contribution in [0, 0.1) is 0 Å². The number of fused-ring (bicyclic) bond motifs is 3. The summed E-state index contributed by atoms with van der Waals surface area (Å²) in [6.45, 7) is 1.07. The van der Waals surface area contributed by atoms with Crippen LogP contribution in [0.1, 0.15) is 17.0 Å². The summed E-state index contributed by atoms with van der Waals surface area (Å²) in [5, 5.41) is 11.5. The van der Waals surface area contributed by atoms with Gasteiger partial charge in [-0.15, -0.1) is 0 Å². The highest BCUT2D eigenvalue weighted by atomic mass is 33.1. The maximum Gasteiger partial charge on any atom is 0.407 e. The molecular weight excluding hydrogens is 354 g/mol. The largest absolute Gasteiger partial charge is 0.449 e. The molecule has 25 heavy (non-hydrogen) atoms. The number of aliphatic hydroxyl groups excluding tert-OH is 1. The predicted molar refractivity (Wildman–Crippen MR) is 105 cm³/mol. The monoisotopic (exact) mass is 375 g/mol. The van der Waals surface area contributed by atoms with Gasteiger partial charge < -0.3 is 15.2 Å². The molecule has 0 unspecified atom stereocenters. The predicted octanol–water partition coefficient (Wildman–Crippen LogP) is 3.90. The van der Waals surface area contributed by atoms with Gasteiger partial charge in [0.25, 0.3) is 0 Å². The molecule has 0 bridgehead atoms. The molecule has 2 aromatic rings. The average Bonchev–Trinajstić information content (AvgIpc) is 2.97. The summed E-state index contributed by atoms with van der Waals surface area (Å²) in [4.78, 5) is 11.9. The van der Waals surface area contributed by atoms with Gasteiger partial charge in [-0.3, -0.25) is 0 Å². The SMILES string of the molecule is O=C(NCCSSCCO)OCC1c2ccccc2-c2ccccc21. The molecule has 0 saturated carbocycles. The zero-order valence-electron chi connectivity index (χ0n) is 13.8. The van der Waals surface area contributed by atoms with Gasteiger partial charge in [0.1, 0.15) is 6.61 Å². The van der Waals surface area contributed by atoms with Gasteiger partial charge in [-0.1, -0.05) is 70.1 Å². The highest BCUT2D eigenvalue weighted by Gasteiger charge is 2.28. The molecule has 0 heterocycles. The highest BCUT2D eigenvalue weighted by Crippen LogP contribution is 2.44. The van der Waals surface area contributed by atoms with Crippen molar-refractivity contribution >= 4 is 27.7 Å². The lowest BCUT2D eigenvalue weighted by Crippen LogP contribution is -2.27. The van der Waals surface area contributed by atoms with Crippen molar-refractivity contribution < 1.29 is 14.6 Å². The second-order valence-corrected chi connectivity index (χ2v) is 8.32. The van der Waals surface area contributed by atoms with Crippen molar-refractivity contribution in [2.24, 2.45) is 0 Å². The Labute approximate surface area is 155 Å². The first-order chi connectivity index (χ1) is 12.3. The molecule has 3 rings (SSSR count). The van der Waals surface area contributed by atoms with Crippen molar-refractivity contribution in [2.45, 2.75) is 5.92 Å². The molecule has 0 saturated heterocycles. The first-order valence-corrected chi connectivity index (χ1v) is 10.7. The van der Waals surface area contributed by atoms with E-state index in [0.717, 1.165) is 5.75 Å². The maximum absolute atomic E-state index is 11.9. The minimum absolute atomic E-state index is 0.0904. The second-order valence-electron chi connectivity index (χ2n) is 5.62. The molecule has 0 fully saturated rings. The van der Waals surface area contributed by atoms with Gasteiger partial charge >= 0.3 is 6.09 Å². The summed E-state index contributed by atoms with van der Waals surface area (Å²) in [7, 11) is 3.23. The standard InChI is InChI=1S/C19H21NO3S2/c21-10-12-25-24-11-9-20-19(22)23-13-18-16-7-3-1-5-14(16)15-6-2-4-8-17(15)18/h1-8,18,21H,9-13H2,(H,20,22). The Kier molecular flexibility index (Phi) is 6.67. The van der Waals surface area contributed by atoms with Crippen LogP contribution in [0.4, 0.5) is 4.79 Å². The van der Waals surface area contributed by atoms with E-state index in [1.54, 1.807) is 21.6 Å². The summed E-state index contributed by atoms with van der Waals surface area (Å²) >= 11 is 0. The van der Waals surface area contributed by atoms with Crippen LogP contribution < -0.4 is 5.32 Å². The Morgan fingerprint density at radius 2 is 1.60 bits per heavy atom. The quantitative estimate of drug-likeness (QED) is 0.541. The molecule has 1 amide bonds. The third kappa shape index (κ3) is 4.51. The number of carbonyl (C=O) groups excluding carboxylic acids is 1. The van der Waals surface area contributed by atoms with Crippen molar-refractivity contribution in [3.05, 3.63) is 59.7 Å². The van der Waals surface area contributed by atoms with Gasteiger partial charge in [0.15, 0.2) is 0 Å². The van der Waals surface area contributed by atoms with Gasteiger partial charge in [-0.2, -0.15) is 0 Å². The van der Waals surface area contributed by atoms with Gasteiger partial charge in [-0.05, 0) is 22.3 Å². The minimum atomic E-state index is -0.380. The summed E-state index contributed by atoms with van der Waals surface area (Å²) in [6.07, 6.45) is -0.380. The van der Waals surface area contributed by atoms with Crippen molar-refractivity contribution in [1.29, 1.82) is 0 Å². The fourth-order valence-corrected chi connectivity index (χ4v) is 4.68. The smallest absolute Gasteiger partial charge is 0.407 e. The lowest BCUT2D eigenvalue weighted by Gasteiger charge is -2.14. The minimum Gasteiger partial charge on any atom is -0.449 e. The molecule has 0 aliphatic heterocycles. The topological polar surface area (TPSA) is 58.6 Å². The van der Waals surface area contributed by atoms with E-state index in [0.29, 0.717) is 18.9 Å². The van der Waals surface area contributed by atoms with Crippen molar-refractivity contribution in [3.63, 3.8) is 0 Å². The van der Waals surface area contributed by atoms with E-state index in [2.05, 4.69) is 29.6 Å². The third-order valence-corrected chi connectivity index (χ3v) is 6.44. The summed E-state index contributed by atoms with van der Waals surface area (Å²) in [5.74, 6) is 1.58. The van der Waals surface area contributed by atoms with E-state index in [1.807, 2.05) is 24.3 Å². The number of rotatable bonds is 8. The van der Waals surface area contributed by atoms with E-state index in [1.165, 1.54) is 22.3 Å². The van der Waals surface area contributed by atoms with E-state index < -0.39 is 0 Å². The first-order valence-electron chi connectivity index (χ1n) is 8.25. The summed E-state index contributed by atoms with van der Waals surface area (Å²) in [5.41, 5.74) is 4.88. The fraction of sp³-hybridized carbons (Fsp3) is 0.316. The van der Waals surface area contributed by atoms with Gasteiger partial charge in [0.2, 0.25) is 0 Å². The number of aliphatic hydroxyl groups is 1. The number of ether oxygens (including phenoxy) is 1. The molecule has 1 aliphatic rings. The Balaban J connectivity index is 1.52. The number of alkyl carbamates (subject to hydrolysis) is 1.